The number of unbranched alkanes of at least 4 members (excludes halogenated alkanes) is 42. The normalized spacial score (nSPS) is 14.1. The van der Waals surface area contributed by atoms with Crippen molar-refractivity contribution in [2.45, 2.75) is 380 Å². The lowest BCUT2D eigenvalue weighted by molar-refractivity contribution is -0.161. The molecule has 0 aliphatic carbocycles. The molecule has 0 aromatic heterocycles. The molecule has 19 heteroatoms. The zero-order valence-corrected chi connectivity index (χ0v) is 59.4. The predicted octanol–water partition coefficient (Wildman–Crippen LogP) is 20.1. The van der Waals surface area contributed by atoms with Crippen molar-refractivity contribution in [2.24, 2.45) is 5.92 Å². The van der Waals surface area contributed by atoms with Gasteiger partial charge in [0.05, 0.1) is 26.4 Å². The van der Waals surface area contributed by atoms with Gasteiger partial charge in [0, 0.05) is 25.7 Å². The zero-order valence-electron chi connectivity index (χ0n) is 57.6. The van der Waals surface area contributed by atoms with Crippen LogP contribution in [0.25, 0.3) is 0 Å². The molecule has 0 aromatic rings. The highest BCUT2D eigenvalue weighted by Crippen LogP contribution is 2.45. The highest BCUT2D eigenvalue weighted by atomic mass is 31.2. The quantitative estimate of drug-likeness (QED) is 0.0222. The van der Waals surface area contributed by atoms with Gasteiger partial charge in [-0.15, -0.1) is 0 Å². The van der Waals surface area contributed by atoms with E-state index >= 15 is 0 Å². The molecule has 0 fully saturated rings. The smallest absolute Gasteiger partial charge is 0.462 e. The average Bonchev–Trinajstić information content (AvgIpc) is 3.68. The Hall–Kier alpha value is -1.94. The molecule has 0 saturated carbocycles. The number of aliphatic hydroxyl groups is 1. The van der Waals surface area contributed by atoms with Crippen LogP contribution in [0.2, 0.25) is 0 Å². The minimum Gasteiger partial charge on any atom is -0.462 e. The first-order valence-corrected chi connectivity index (χ1v) is 39.6. The van der Waals surface area contributed by atoms with Crippen LogP contribution in [0, 0.1) is 5.92 Å². The fraction of sp³-hybridized carbons (Fsp3) is 0.943. The van der Waals surface area contributed by atoms with Crippen molar-refractivity contribution in [3.05, 3.63) is 0 Å². The lowest BCUT2D eigenvalue weighted by atomic mass is 10.0. The maximum Gasteiger partial charge on any atom is 0.472 e. The molecule has 0 aliphatic heterocycles. The SMILES string of the molecule is CCCCCCCCCCCCCCCCCC(=O)OC[C@H](COP(=O)(O)OC[C@@H](O)COP(=O)(O)OC[C@@H](COC(=O)CCCCCCCCC)OC(=O)CCCCCCCCCC)OC(=O)CCCCCCCCCCCCCCCCCCC(C)C. The predicted molar refractivity (Wildman–Crippen MR) is 358 cm³/mol. The third-order valence-corrected chi connectivity index (χ3v) is 18.2. The Morgan fingerprint density at radius 1 is 0.303 bits per heavy atom. The number of carbonyl (C=O) groups is 4. The van der Waals surface area contributed by atoms with E-state index in [0.29, 0.717) is 25.7 Å². The van der Waals surface area contributed by atoms with Gasteiger partial charge in [0.1, 0.15) is 19.3 Å². The van der Waals surface area contributed by atoms with Gasteiger partial charge in [0.15, 0.2) is 12.2 Å². The van der Waals surface area contributed by atoms with Crippen LogP contribution in [0.15, 0.2) is 0 Å². The van der Waals surface area contributed by atoms with E-state index in [2.05, 4.69) is 34.6 Å². The van der Waals surface area contributed by atoms with Crippen molar-refractivity contribution in [1.82, 2.24) is 0 Å². The molecule has 17 nitrogen and oxygen atoms in total. The number of hydrogen-bond donors (Lipinski definition) is 3. The molecule has 5 atom stereocenters. The van der Waals surface area contributed by atoms with E-state index in [1.807, 2.05) is 0 Å². The summed E-state index contributed by atoms with van der Waals surface area (Å²) in [6, 6.07) is 0. The summed E-state index contributed by atoms with van der Waals surface area (Å²) in [4.78, 5) is 72.3. The van der Waals surface area contributed by atoms with E-state index < -0.39 is 97.5 Å². The van der Waals surface area contributed by atoms with Crippen molar-refractivity contribution in [3.63, 3.8) is 0 Å². The molecule has 0 aliphatic rings. The first kappa shape index (κ1) is 87.1. The van der Waals surface area contributed by atoms with Gasteiger partial charge in [0.25, 0.3) is 0 Å². The van der Waals surface area contributed by atoms with Crippen LogP contribution in [-0.4, -0.2) is 96.7 Å². The number of hydrogen-bond acceptors (Lipinski definition) is 15. The molecular formula is C70H136O17P2. The van der Waals surface area contributed by atoms with E-state index in [0.717, 1.165) is 115 Å². The van der Waals surface area contributed by atoms with Gasteiger partial charge in [-0.05, 0) is 31.6 Å². The third-order valence-electron chi connectivity index (χ3n) is 16.3. The molecular weight excluding hydrogens is 1170 g/mol. The molecule has 89 heavy (non-hydrogen) atoms. The van der Waals surface area contributed by atoms with Crippen LogP contribution in [0.4, 0.5) is 0 Å². The van der Waals surface area contributed by atoms with Crippen molar-refractivity contribution in [3.8, 4) is 0 Å². The monoisotopic (exact) mass is 1310 g/mol. The highest BCUT2D eigenvalue weighted by molar-refractivity contribution is 7.47. The molecule has 0 rings (SSSR count). The summed E-state index contributed by atoms with van der Waals surface area (Å²) >= 11 is 0. The van der Waals surface area contributed by atoms with Gasteiger partial charge >= 0.3 is 39.5 Å². The summed E-state index contributed by atoms with van der Waals surface area (Å²) in [7, 11) is -9.89. The third kappa shape index (κ3) is 64.6. The Kier molecular flexibility index (Phi) is 62.1. The van der Waals surface area contributed by atoms with Gasteiger partial charge in [0.2, 0.25) is 0 Å². The van der Waals surface area contributed by atoms with Crippen LogP contribution >= 0.6 is 15.6 Å². The van der Waals surface area contributed by atoms with Crippen molar-refractivity contribution in [2.75, 3.05) is 39.6 Å². The van der Waals surface area contributed by atoms with Gasteiger partial charge in [-0.3, -0.25) is 37.3 Å². The van der Waals surface area contributed by atoms with E-state index in [1.54, 1.807) is 0 Å². The second-order valence-electron chi connectivity index (χ2n) is 25.7. The molecule has 3 N–H and O–H groups in total. The van der Waals surface area contributed by atoms with Gasteiger partial charge in [-0.2, -0.15) is 0 Å². The number of aliphatic hydroxyl groups excluding tert-OH is 1. The Morgan fingerprint density at radius 3 is 0.764 bits per heavy atom. The number of phosphoric acid groups is 2. The zero-order chi connectivity index (χ0) is 65.6. The lowest BCUT2D eigenvalue weighted by Crippen LogP contribution is -2.30. The van der Waals surface area contributed by atoms with Gasteiger partial charge in [-0.1, -0.05) is 311 Å². The van der Waals surface area contributed by atoms with E-state index in [-0.39, 0.29) is 25.7 Å². The molecule has 0 spiro atoms. The molecule has 0 heterocycles. The number of carbonyl (C=O) groups excluding carboxylic acids is 4. The standard InChI is InChI=1S/C70H136O17P2/c1-6-9-12-15-18-20-21-22-25-29-32-35-40-44-49-54-68(73)81-60-66(87-70(75)56-51-46-41-36-33-30-27-24-23-26-28-31-34-38-42-47-52-63(4)5)62-85-89(78,79)83-58-64(71)57-82-88(76,77)84-61-65(59-80-67(72)53-48-43-37-17-14-11-8-3)86-69(74)55-50-45-39-19-16-13-10-7-2/h63-66,71H,6-62H2,1-5H3,(H,76,77)(H,78,79)/t64-,65+,66+/m0/s1. The second-order valence-corrected chi connectivity index (χ2v) is 28.7. The van der Waals surface area contributed by atoms with Crippen molar-refractivity contribution < 1.29 is 80.2 Å². The Morgan fingerprint density at radius 2 is 0.517 bits per heavy atom. The Balaban J connectivity index is 5.15. The number of esters is 4. The molecule has 2 unspecified atom stereocenters. The summed E-state index contributed by atoms with van der Waals surface area (Å²) in [5.74, 6) is -1.32. The van der Waals surface area contributed by atoms with Crippen LogP contribution in [0.3, 0.4) is 0 Å². The maximum absolute atomic E-state index is 13.0. The van der Waals surface area contributed by atoms with E-state index in [1.165, 1.54) is 167 Å². The second kappa shape index (κ2) is 63.5. The van der Waals surface area contributed by atoms with Crippen LogP contribution < -0.4 is 0 Å². The minimum atomic E-state index is -4.95. The summed E-state index contributed by atoms with van der Waals surface area (Å²) in [6.07, 6.45) is 50.2. The first-order valence-electron chi connectivity index (χ1n) is 36.6. The first-order chi connectivity index (χ1) is 43.0. The average molecular weight is 1310 g/mol. The Labute approximate surface area is 543 Å². The van der Waals surface area contributed by atoms with Crippen molar-refractivity contribution >= 4 is 39.5 Å². The number of ether oxygens (including phenoxy) is 4. The molecule has 528 valence electrons. The molecule has 0 aromatic carbocycles. The van der Waals surface area contributed by atoms with E-state index in [9.17, 15) is 43.2 Å². The summed E-state index contributed by atoms with van der Waals surface area (Å²) in [5.41, 5.74) is 0. The molecule has 0 amide bonds. The van der Waals surface area contributed by atoms with Crippen LogP contribution in [-0.2, 0) is 65.4 Å². The van der Waals surface area contributed by atoms with Gasteiger partial charge in [-0.25, -0.2) is 9.13 Å². The fourth-order valence-corrected chi connectivity index (χ4v) is 12.2. The van der Waals surface area contributed by atoms with E-state index in [4.69, 9.17) is 37.0 Å². The number of rotatable bonds is 70. The largest absolute Gasteiger partial charge is 0.472 e. The summed E-state index contributed by atoms with van der Waals surface area (Å²) < 4.78 is 68.1. The molecule has 0 bridgehead atoms. The lowest BCUT2D eigenvalue weighted by Gasteiger charge is -2.21. The fourth-order valence-electron chi connectivity index (χ4n) is 10.6. The van der Waals surface area contributed by atoms with Crippen LogP contribution in [0.1, 0.15) is 362 Å². The minimum absolute atomic E-state index is 0.105. The molecule has 0 radical (unpaired) electrons. The maximum atomic E-state index is 13.0. The van der Waals surface area contributed by atoms with Crippen LogP contribution in [0.5, 0.6) is 0 Å². The summed E-state index contributed by atoms with van der Waals surface area (Å²) in [6.45, 7) is 7.21. The number of phosphoric ester groups is 2. The Bertz CT molecular complexity index is 1720. The van der Waals surface area contributed by atoms with Gasteiger partial charge < -0.3 is 33.8 Å². The highest BCUT2D eigenvalue weighted by Gasteiger charge is 2.30. The topological polar surface area (TPSA) is 237 Å². The van der Waals surface area contributed by atoms with Crippen molar-refractivity contribution in [1.29, 1.82) is 0 Å². The molecule has 0 saturated heterocycles. The summed E-state index contributed by atoms with van der Waals surface area (Å²) in [5, 5.41) is 10.6.